The molecule has 0 aromatic carbocycles. The maximum Gasteiger partial charge on any atom is 0.0644 e. The summed E-state index contributed by atoms with van der Waals surface area (Å²) >= 11 is 0. The summed E-state index contributed by atoms with van der Waals surface area (Å²) in [5.41, 5.74) is 0.848. The van der Waals surface area contributed by atoms with Gasteiger partial charge < -0.3 is 5.11 Å². The minimum absolute atomic E-state index is 0.450. The molecule has 82 valence electrons. The Kier molecular flexibility index (Phi) is 3.03. The van der Waals surface area contributed by atoms with Gasteiger partial charge in [0.25, 0.3) is 0 Å². The molecule has 3 nitrogen and oxygen atoms in total. The lowest BCUT2D eigenvalue weighted by Crippen LogP contribution is -2.41. The number of aliphatic hydroxyl groups is 1. The molecule has 0 radical (unpaired) electrons. The summed E-state index contributed by atoms with van der Waals surface area (Å²) in [6.45, 7) is 4.86. The summed E-state index contributed by atoms with van der Waals surface area (Å²) in [7, 11) is 0. The average molecular weight is 206 g/mol. The molecule has 2 rings (SSSR count). The first-order chi connectivity index (χ1) is 7.16. The van der Waals surface area contributed by atoms with Gasteiger partial charge in [0.1, 0.15) is 0 Å². The predicted molar refractivity (Wildman–Crippen MR) is 59.4 cm³/mol. The van der Waals surface area contributed by atoms with Crippen molar-refractivity contribution in [2.45, 2.75) is 31.9 Å². The highest BCUT2D eigenvalue weighted by Crippen LogP contribution is 2.22. The molecule has 1 aliphatic heterocycles. The van der Waals surface area contributed by atoms with Gasteiger partial charge in [0.2, 0.25) is 0 Å². The van der Waals surface area contributed by atoms with Crippen molar-refractivity contribution in [1.29, 1.82) is 0 Å². The van der Waals surface area contributed by atoms with Crippen molar-refractivity contribution < 1.29 is 5.11 Å². The molecular formula is C12H18N2O. The molecular weight excluding hydrogens is 188 g/mol. The van der Waals surface area contributed by atoms with E-state index >= 15 is 0 Å². The summed E-state index contributed by atoms with van der Waals surface area (Å²) in [4.78, 5) is 6.39. The number of rotatable bonds is 2. The number of hydrogen-bond donors (Lipinski definition) is 1. The molecule has 1 aliphatic rings. The second-order valence-electron chi connectivity index (χ2n) is 4.63. The van der Waals surface area contributed by atoms with Crippen LogP contribution in [-0.2, 0) is 6.54 Å². The first-order valence-corrected chi connectivity index (χ1v) is 5.49. The molecule has 0 unspecified atom stereocenters. The van der Waals surface area contributed by atoms with Crippen LogP contribution in [0.5, 0.6) is 0 Å². The lowest BCUT2D eigenvalue weighted by Gasteiger charge is -2.35. The molecule has 1 N–H and O–H groups in total. The van der Waals surface area contributed by atoms with Crippen molar-refractivity contribution in [3.8, 4) is 0 Å². The standard InChI is InChI=1S/C12H18N2O/c1-12(15)4-8-14(9-5-12)10-11-2-6-13-7-3-11/h2-3,6-7,15H,4-5,8-10H2,1H3. The number of nitrogens with zero attached hydrogens (tertiary/aromatic N) is 2. The first kappa shape index (κ1) is 10.6. The fraction of sp³-hybridized carbons (Fsp3) is 0.583. The second-order valence-corrected chi connectivity index (χ2v) is 4.63. The lowest BCUT2D eigenvalue weighted by molar-refractivity contribution is -0.00730. The Morgan fingerprint density at radius 1 is 1.33 bits per heavy atom. The Balaban J connectivity index is 1.88. The van der Waals surface area contributed by atoms with Crippen LogP contribution < -0.4 is 0 Å². The van der Waals surface area contributed by atoms with Gasteiger partial charge in [-0.2, -0.15) is 0 Å². The third-order valence-corrected chi connectivity index (χ3v) is 3.09. The number of hydrogen-bond acceptors (Lipinski definition) is 3. The molecule has 1 saturated heterocycles. The van der Waals surface area contributed by atoms with Crippen LogP contribution in [0.15, 0.2) is 24.5 Å². The largest absolute Gasteiger partial charge is 0.390 e. The lowest BCUT2D eigenvalue weighted by atomic mass is 9.94. The van der Waals surface area contributed by atoms with E-state index in [9.17, 15) is 5.11 Å². The Hall–Kier alpha value is -0.930. The summed E-state index contributed by atoms with van der Waals surface area (Å²) in [6, 6.07) is 4.10. The molecule has 1 fully saturated rings. The van der Waals surface area contributed by atoms with Gasteiger partial charge in [0.05, 0.1) is 5.60 Å². The summed E-state index contributed by atoms with van der Waals surface area (Å²) < 4.78 is 0. The Labute approximate surface area is 90.8 Å². The van der Waals surface area contributed by atoms with Crippen LogP contribution in [0.25, 0.3) is 0 Å². The van der Waals surface area contributed by atoms with E-state index < -0.39 is 5.60 Å². The van der Waals surface area contributed by atoms with Gasteiger partial charge in [-0.1, -0.05) is 0 Å². The minimum Gasteiger partial charge on any atom is -0.390 e. The van der Waals surface area contributed by atoms with E-state index in [-0.39, 0.29) is 0 Å². The highest BCUT2D eigenvalue weighted by molar-refractivity contribution is 5.09. The first-order valence-electron chi connectivity index (χ1n) is 5.49. The van der Waals surface area contributed by atoms with Gasteiger partial charge in [-0.3, -0.25) is 9.88 Å². The van der Waals surface area contributed by atoms with Crippen LogP contribution >= 0.6 is 0 Å². The van der Waals surface area contributed by atoms with E-state index in [2.05, 4.69) is 9.88 Å². The number of likely N-dealkylation sites (tertiary alicyclic amines) is 1. The van der Waals surface area contributed by atoms with Gasteiger partial charge in [-0.05, 0) is 37.5 Å². The van der Waals surface area contributed by atoms with E-state index in [1.807, 2.05) is 31.5 Å². The Morgan fingerprint density at radius 3 is 2.53 bits per heavy atom. The van der Waals surface area contributed by atoms with Crippen molar-refractivity contribution in [3.05, 3.63) is 30.1 Å². The van der Waals surface area contributed by atoms with Crippen molar-refractivity contribution in [1.82, 2.24) is 9.88 Å². The van der Waals surface area contributed by atoms with Crippen LogP contribution in [0.3, 0.4) is 0 Å². The van der Waals surface area contributed by atoms with E-state index in [1.54, 1.807) is 0 Å². The average Bonchev–Trinajstić information content (AvgIpc) is 2.23. The summed E-state index contributed by atoms with van der Waals surface area (Å²) in [5.74, 6) is 0. The third kappa shape index (κ3) is 3.01. The predicted octanol–water partition coefficient (Wildman–Crippen LogP) is 1.43. The summed E-state index contributed by atoms with van der Waals surface area (Å²) in [5, 5.41) is 9.82. The van der Waals surface area contributed by atoms with Gasteiger partial charge in [0.15, 0.2) is 0 Å². The second kappa shape index (κ2) is 4.29. The maximum absolute atomic E-state index is 9.82. The monoisotopic (exact) mass is 206 g/mol. The zero-order valence-electron chi connectivity index (χ0n) is 9.19. The van der Waals surface area contributed by atoms with Crippen molar-refractivity contribution in [2.75, 3.05) is 13.1 Å². The molecule has 15 heavy (non-hydrogen) atoms. The van der Waals surface area contributed by atoms with E-state index in [1.165, 1.54) is 5.56 Å². The van der Waals surface area contributed by atoms with E-state index in [0.717, 1.165) is 32.5 Å². The van der Waals surface area contributed by atoms with Crippen molar-refractivity contribution in [2.24, 2.45) is 0 Å². The number of pyridine rings is 1. The quantitative estimate of drug-likeness (QED) is 0.795. The van der Waals surface area contributed by atoms with E-state index in [0.29, 0.717) is 0 Å². The maximum atomic E-state index is 9.82. The third-order valence-electron chi connectivity index (χ3n) is 3.09. The zero-order chi connectivity index (χ0) is 10.7. The molecule has 1 aromatic heterocycles. The topological polar surface area (TPSA) is 36.4 Å². The molecule has 0 amide bonds. The Bertz CT molecular complexity index is 301. The highest BCUT2D eigenvalue weighted by Gasteiger charge is 2.26. The molecule has 0 spiro atoms. The molecule has 3 heteroatoms. The molecule has 1 aromatic rings. The minimum atomic E-state index is -0.450. The van der Waals surface area contributed by atoms with Gasteiger partial charge >= 0.3 is 0 Å². The molecule has 0 bridgehead atoms. The van der Waals surface area contributed by atoms with Gasteiger partial charge in [-0.15, -0.1) is 0 Å². The highest BCUT2D eigenvalue weighted by atomic mass is 16.3. The fourth-order valence-electron chi connectivity index (χ4n) is 1.94. The van der Waals surface area contributed by atoms with Crippen LogP contribution in [0.1, 0.15) is 25.3 Å². The normalized spacial score (nSPS) is 21.5. The SMILES string of the molecule is CC1(O)CCN(Cc2ccncc2)CC1. The molecule has 0 aliphatic carbocycles. The van der Waals surface area contributed by atoms with Crippen molar-refractivity contribution >= 4 is 0 Å². The Morgan fingerprint density at radius 2 is 1.93 bits per heavy atom. The number of piperidine rings is 1. The zero-order valence-corrected chi connectivity index (χ0v) is 9.19. The van der Waals surface area contributed by atoms with Crippen LogP contribution in [0.2, 0.25) is 0 Å². The smallest absolute Gasteiger partial charge is 0.0644 e. The fourth-order valence-corrected chi connectivity index (χ4v) is 1.94. The summed E-state index contributed by atoms with van der Waals surface area (Å²) in [6.07, 6.45) is 5.40. The van der Waals surface area contributed by atoms with Crippen LogP contribution in [-0.4, -0.2) is 33.7 Å². The van der Waals surface area contributed by atoms with Crippen LogP contribution in [0.4, 0.5) is 0 Å². The van der Waals surface area contributed by atoms with Crippen molar-refractivity contribution in [3.63, 3.8) is 0 Å². The van der Waals surface area contributed by atoms with Crippen LogP contribution in [0, 0.1) is 0 Å². The van der Waals surface area contributed by atoms with E-state index in [4.69, 9.17) is 0 Å². The molecule has 0 atom stereocenters. The molecule has 0 saturated carbocycles. The molecule has 2 heterocycles. The number of aromatic nitrogens is 1. The van der Waals surface area contributed by atoms with Gasteiger partial charge in [-0.25, -0.2) is 0 Å². The van der Waals surface area contributed by atoms with Gasteiger partial charge in [0, 0.05) is 32.0 Å².